The largest absolute Gasteiger partial charge is 0.427 e. The van der Waals surface area contributed by atoms with Gasteiger partial charge in [-0.15, -0.1) is 0 Å². The van der Waals surface area contributed by atoms with Crippen molar-refractivity contribution in [1.29, 1.82) is 0 Å². The molecule has 1 aliphatic carbocycles. The third-order valence-corrected chi connectivity index (χ3v) is 6.55. The highest BCUT2D eigenvalue weighted by molar-refractivity contribution is 6.23. The van der Waals surface area contributed by atoms with Crippen molar-refractivity contribution in [2.24, 2.45) is 0 Å². The Bertz CT molecular complexity index is 1080. The standard InChI is InChI=1S/C27H31NO5/c1-6-31-17-32-28-24(29)22(21-18(2)11-10-12-19(21)3)23(26(28,4)5)33-25(30)27(15-16-27)20-13-8-7-9-14-20/h7-14H,6,15-17H2,1-5H3. The predicted molar refractivity (Wildman–Crippen MR) is 125 cm³/mol. The molecule has 0 unspecified atom stereocenters. The normalized spacial score (nSPS) is 18.6. The molecule has 4 rings (SSSR count). The van der Waals surface area contributed by atoms with Crippen molar-refractivity contribution in [3.05, 3.63) is 76.5 Å². The first-order valence-corrected chi connectivity index (χ1v) is 11.4. The van der Waals surface area contributed by atoms with Gasteiger partial charge in [-0.05, 0) is 69.7 Å². The van der Waals surface area contributed by atoms with Crippen molar-refractivity contribution in [1.82, 2.24) is 5.06 Å². The SMILES string of the molecule is CCOCON1C(=O)C(c2c(C)cccc2C)=C(OC(=O)C2(c3ccccc3)CC2)C1(C)C. The minimum atomic E-state index is -0.999. The first-order valence-electron chi connectivity index (χ1n) is 11.4. The van der Waals surface area contributed by atoms with Gasteiger partial charge in [-0.3, -0.25) is 9.59 Å². The summed E-state index contributed by atoms with van der Waals surface area (Å²) in [6, 6.07) is 15.5. The highest BCUT2D eigenvalue weighted by Crippen LogP contribution is 2.51. The fourth-order valence-corrected chi connectivity index (χ4v) is 4.53. The summed E-state index contributed by atoms with van der Waals surface area (Å²) < 4.78 is 11.5. The number of esters is 1. The molecular weight excluding hydrogens is 418 g/mol. The summed E-state index contributed by atoms with van der Waals surface area (Å²) in [6.07, 6.45) is 1.45. The van der Waals surface area contributed by atoms with Crippen molar-refractivity contribution in [2.75, 3.05) is 13.4 Å². The Kier molecular flexibility index (Phi) is 6.16. The number of carbonyl (C=O) groups is 2. The minimum absolute atomic E-state index is 0.0686. The van der Waals surface area contributed by atoms with E-state index in [2.05, 4.69) is 0 Å². The van der Waals surface area contributed by atoms with E-state index in [-0.39, 0.29) is 18.7 Å². The van der Waals surface area contributed by atoms with E-state index in [4.69, 9.17) is 14.3 Å². The van der Waals surface area contributed by atoms with Crippen LogP contribution < -0.4 is 0 Å². The number of benzene rings is 2. The topological polar surface area (TPSA) is 65.1 Å². The lowest BCUT2D eigenvalue weighted by atomic mass is 9.92. The van der Waals surface area contributed by atoms with Gasteiger partial charge in [0.25, 0.3) is 5.91 Å². The molecule has 0 aromatic heterocycles. The molecule has 1 amide bonds. The third-order valence-electron chi connectivity index (χ3n) is 6.55. The maximum Gasteiger partial charge on any atom is 0.321 e. The van der Waals surface area contributed by atoms with Crippen molar-refractivity contribution in [3.8, 4) is 0 Å². The number of amides is 1. The Labute approximate surface area is 195 Å². The molecule has 33 heavy (non-hydrogen) atoms. The smallest absolute Gasteiger partial charge is 0.321 e. The van der Waals surface area contributed by atoms with Crippen LogP contribution in [0, 0.1) is 13.8 Å². The second kappa shape index (κ2) is 8.76. The van der Waals surface area contributed by atoms with Crippen LogP contribution in [0.2, 0.25) is 0 Å². The van der Waals surface area contributed by atoms with E-state index in [0.29, 0.717) is 17.9 Å². The first kappa shape index (κ1) is 23.2. The summed E-state index contributed by atoms with van der Waals surface area (Å²) in [6.45, 7) is 9.79. The van der Waals surface area contributed by atoms with Crippen LogP contribution in [0.4, 0.5) is 0 Å². The molecule has 0 saturated heterocycles. The maximum absolute atomic E-state index is 13.6. The van der Waals surface area contributed by atoms with Gasteiger partial charge in [0.05, 0.1) is 11.0 Å². The molecule has 1 heterocycles. The lowest BCUT2D eigenvalue weighted by molar-refractivity contribution is -0.243. The van der Waals surface area contributed by atoms with Gasteiger partial charge in [0, 0.05) is 6.61 Å². The molecule has 6 nitrogen and oxygen atoms in total. The molecule has 2 aromatic carbocycles. The molecule has 0 radical (unpaired) electrons. The molecule has 0 bridgehead atoms. The fraction of sp³-hybridized carbons (Fsp3) is 0.407. The van der Waals surface area contributed by atoms with Gasteiger partial charge in [-0.1, -0.05) is 48.5 Å². The Morgan fingerprint density at radius 3 is 2.21 bits per heavy atom. The number of hydrogen-bond donors (Lipinski definition) is 0. The molecule has 6 heteroatoms. The van der Waals surface area contributed by atoms with E-state index < -0.39 is 11.0 Å². The van der Waals surface area contributed by atoms with Gasteiger partial charge in [0.15, 0.2) is 6.79 Å². The monoisotopic (exact) mass is 449 g/mol. The zero-order valence-corrected chi connectivity index (χ0v) is 19.9. The Morgan fingerprint density at radius 2 is 1.64 bits per heavy atom. The van der Waals surface area contributed by atoms with Crippen LogP contribution in [0.15, 0.2) is 54.3 Å². The quantitative estimate of drug-likeness (QED) is 0.328. The van der Waals surface area contributed by atoms with Gasteiger partial charge in [0.1, 0.15) is 11.3 Å². The zero-order chi connectivity index (χ0) is 23.8. The molecule has 0 N–H and O–H groups in total. The lowest BCUT2D eigenvalue weighted by Gasteiger charge is -2.32. The fourth-order valence-electron chi connectivity index (χ4n) is 4.53. The molecule has 0 spiro atoms. The number of ether oxygens (including phenoxy) is 2. The van der Waals surface area contributed by atoms with Crippen molar-refractivity contribution >= 4 is 17.4 Å². The third kappa shape index (κ3) is 3.98. The van der Waals surface area contributed by atoms with Crippen LogP contribution in [0.3, 0.4) is 0 Å². The van der Waals surface area contributed by atoms with Gasteiger partial charge >= 0.3 is 5.97 Å². The summed E-state index contributed by atoms with van der Waals surface area (Å²) >= 11 is 0. The summed E-state index contributed by atoms with van der Waals surface area (Å²) in [5.41, 5.74) is 2.27. The highest BCUT2D eigenvalue weighted by atomic mass is 16.8. The summed E-state index contributed by atoms with van der Waals surface area (Å²) in [5, 5.41) is 1.27. The summed E-state index contributed by atoms with van der Waals surface area (Å²) in [7, 11) is 0. The molecule has 1 aliphatic heterocycles. The van der Waals surface area contributed by atoms with E-state index in [1.165, 1.54) is 5.06 Å². The number of carbonyl (C=O) groups excluding carboxylic acids is 2. The molecule has 174 valence electrons. The molecule has 1 fully saturated rings. The maximum atomic E-state index is 13.6. The van der Waals surface area contributed by atoms with Crippen LogP contribution >= 0.6 is 0 Å². The Morgan fingerprint density at radius 1 is 1.00 bits per heavy atom. The van der Waals surface area contributed by atoms with Crippen molar-refractivity contribution < 1.29 is 23.9 Å². The molecule has 2 aromatic rings. The first-order chi connectivity index (χ1) is 15.7. The molecule has 2 aliphatic rings. The minimum Gasteiger partial charge on any atom is -0.427 e. The summed E-state index contributed by atoms with van der Waals surface area (Å²) in [5.74, 6) is -0.363. The Balaban J connectivity index is 1.77. The van der Waals surface area contributed by atoms with Gasteiger partial charge in [-0.2, -0.15) is 0 Å². The van der Waals surface area contributed by atoms with Crippen molar-refractivity contribution in [3.63, 3.8) is 0 Å². The van der Waals surface area contributed by atoms with Crippen LogP contribution in [-0.2, 0) is 29.3 Å². The van der Waals surface area contributed by atoms with Crippen molar-refractivity contribution in [2.45, 2.75) is 58.4 Å². The molecular formula is C27H31NO5. The second-order valence-corrected chi connectivity index (χ2v) is 9.21. The molecule has 1 saturated carbocycles. The number of rotatable bonds is 8. The number of aryl methyl sites for hydroxylation is 2. The average Bonchev–Trinajstić information content (AvgIpc) is 3.57. The van der Waals surface area contributed by atoms with E-state index in [1.807, 2.05) is 83.1 Å². The van der Waals surface area contributed by atoms with E-state index in [0.717, 1.165) is 35.1 Å². The zero-order valence-electron chi connectivity index (χ0n) is 19.9. The van der Waals surface area contributed by atoms with Crippen LogP contribution in [0.5, 0.6) is 0 Å². The number of hydrogen-bond acceptors (Lipinski definition) is 5. The second-order valence-electron chi connectivity index (χ2n) is 9.21. The van der Waals surface area contributed by atoms with E-state index in [1.54, 1.807) is 0 Å². The predicted octanol–water partition coefficient (Wildman–Crippen LogP) is 4.84. The number of hydroxylamine groups is 2. The van der Waals surface area contributed by atoms with E-state index >= 15 is 0 Å². The average molecular weight is 450 g/mol. The summed E-state index contributed by atoms with van der Waals surface area (Å²) in [4.78, 5) is 32.9. The lowest BCUT2D eigenvalue weighted by Crippen LogP contribution is -2.45. The van der Waals surface area contributed by atoms with Gasteiger partial charge in [-0.25, -0.2) is 9.90 Å². The van der Waals surface area contributed by atoms with Gasteiger partial charge < -0.3 is 9.47 Å². The highest BCUT2D eigenvalue weighted by Gasteiger charge is 2.56. The van der Waals surface area contributed by atoms with E-state index in [9.17, 15) is 9.59 Å². The van der Waals surface area contributed by atoms with Crippen LogP contribution in [-0.4, -0.2) is 35.9 Å². The van der Waals surface area contributed by atoms with Gasteiger partial charge in [0.2, 0.25) is 0 Å². The molecule has 0 atom stereocenters. The Hall–Kier alpha value is -2.96. The van der Waals surface area contributed by atoms with Crippen LogP contribution in [0.25, 0.3) is 5.57 Å². The number of nitrogens with zero attached hydrogens (tertiary/aromatic N) is 1. The van der Waals surface area contributed by atoms with Crippen LogP contribution in [0.1, 0.15) is 55.9 Å².